The molecule has 4 nitrogen and oxygen atoms in total. The van der Waals surface area contributed by atoms with Gasteiger partial charge in [0.1, 0.15) is 5.82 Å². The van der Waals surface area contributed by atoms with Crippen LogP contribution < -0.4 is 4.72 Å². The summed E-state index contributed by atoms with van der Waals surface area (Å²) >= 11 is 3.19. The van der Waals surface area contributed by atoms with Crippen molar-refractivity contribution in [2.45, 2.75) is 11.8 Å². The van der Waals surface area contributed by atoms with Crippen LogP contribution in [-0.4, -0.2) is 33.5 Å². The average molecular weight is 340 g/mol. The molecule has 0 saturated heterocycles. The van der Waals surface area contributed by atoms with Crippen LogP contribution in [0.4, 0.5) is 4.39 Å². The average Bonchev–Trinajstić information content (AvgIpc) is 2.32. The van der Waals surface area contributed by atoms with Crippen molar-refractivity contribution in [3.05, 3.63) is 29.6 Å². The Morgan fingerprint density at radius 2 is 2.11 bits per heavy atom. The van der Waals surface area contributed by atoms with Crippen LogP contribution in [0.1, 0.15) is 5.56 Å². The minimum Gasteiger partial charge on any atom is -0.379 e. The van der Waals surface area contributed by atoms with Crippen molar-refractivity contribution in [1.29, 1.82) is 0 Å². The Morgan fingerprint density at radius 1 is 1.39 bits per heavy atom. The molecular weight excluding hydrogens is 325 g/mol. The van der Waals surface area contributed by atoms with Gasteiger partial charge in [-0.15, -0.1) is 0 Å². The lowest BCUT2D eigenvalue weighted by Gasteiger charge is -2.09. The second-order valence-electron chi connectivity index (χ2n) is 3.61. The Hall–Kier alpha value is -0.500. The molecule has 0 unspecified atom stereocenters. The van der Waals surface area contributed by atoms with E-state index >= 15 is 0 Å². The summed E-state index contributed by atoms with van der Waals surface area (Å²) < 4.78 is 44.3. The molecule has 0 saturated carbocycles. The molecule has 0 aliphatic rings. The summed E-state index contributed by atoms with van der Waals surface area (Å²) in [7, 11) is -3.68. The van der Waals surface area contributed by atoms with Crippen LogP contribution in [0.2, 0.25) is 0 Å². The molecule has 0 aliphatic heterocycles. The fraction of sp³-hybridized carbons (Fsp3) is 0.455. The molecule has 7 heteroatoms. The molecule has 0 aromatic heterocycles. The largest absolute Gasteiger partial charge is 0.379 e. The van der Waals surface area contributed by atoms with E-state index in [1.165, 1.54) is 12.1 Å². The molecular formula is C11H15BrFNO3S. The molecule has 0 fully saturated rings. The van der Waals surface area contributed by atoms with E-state index in [1.807, 2.05) is 0 Å². The summed E-state index contributed by atoms with van der Waals surface area (Å²) in [6.07, 6.45) is 0. The highest BCUT2D eigenvalue weighted by Gasteiger charge is 2.16. The minimum atomic E-state index is -3.68. The summed E-state index contributed by atoms with van der Waals surface area (Å²) in [5.74, 6) is -0.573. The van der Waals surface area contributed by atoms with Gasteiger partial charge < -0.3 is 4.74 Å². The van der Waals surface area contributed by atoms with Crippen LogP contribution in [0, 0.1) is 12.7 Å². The molecule has 0 heterocycles. The van der Waals surface area contributed by atoms with Crippen LogP contribution in [0.25, 0.3) is 0 Å². The van der Waals surface area contributed by atoms with Gasteiger partial charge in [-0.25, -0.2) is 17.5 Å². The van der Waals surface area contributed by atoms with Crippen molar-refractivity contribution in [2.75, 3.05) is 25.1 Å². The zero-order valence-electron chi connectivity index (χ0n) is 9.95. The lowest BCUT2D eigenvalue weighted by molar-refractivity contribution is 0.156. The number of nitrogens with one attached hydrogen (secondary N) is 1. The SMILES string of the molecule is Cc1ccc(F)cc1S(=O)(=O)NCCOCCBr. The van der Waals surface area contributed by atoms with E-state index in [2.05, 4.69) is 20.7 Å². The van der Waals surface area contributed by atoms with Gasteiger partial charge in [0.15, 0.2) is 0 Å². The first-order valence-corrected chi connectivity index (χ1v) is 7.97. The highest BCUT2D eigenvalue weighted by Crippen LogP contribution is 2.15. The number of halogens is 2. The number of alkyl halides is 1. The maximum Gasteiger partial charge on any atom is 0.241 e. The molecule has 18 heavy (non-hydrogen) atoms. The highest BCUT2D eigenvalue weighted by molar-refractivity contribution is 9.09. The van der Waals surface area contributed by atoms with E-state index in [-0.39, 0.29) is 18.0 Å². The zero-order chi connectivity index (χ0) is 13.6. The Labute approximate surface area is 115 Å². The molecule has 102 valence electrons. The molecule has 0 radical (unpaired) electrons. The normalized spacial score (nSPS) is 11.7. The maximum absolute atomic E-state index is 13.0. The number of sulfonamides is 1. The molecule has 1 aromatic carbocycles. The van der Waals surface area contributed by atoms with Gasteiger partial charge in [-0.2, -0.15) is 0 Å². The third-order valence-corrected chi connectivity index (χ3v) is 4.13. The fourth-order valence-corrected chi connectivity index (χ4v) is 2.84. The third-order valence-electron chi connectivity index (χ3n) is 2.20. The number of ether oxygens (including phenoxy) is 1. The third kappa shape index (κ3) is 4.64. The molecule has 1 aromatic rings. The van der Waals surface area contributed by atoms with Gasteiger partial charge in [-0.05, 0) is 24.6 Å². The summed E-state index contributed by atoms with van der Waals surface area (Å²) in [5, 5.41) is 0.697. The van der Waals surface area contributed by atoms with Gasteiger partial charge >= 0.3 is 0 Å². The van der Waals surface area contributed by atoms with E-state index in [4.69, 9.17) is 4.74 Å². The van der Waals surface area contributed by atoms with Crippen molar-refractivity contribution in [1.82, 2.24) is 4.72 Å². The number of aryl methyl sites for hydroxylation is 1. The highest BCUT2D eigenvalue weighted by atomic mass is 79.9. The standard InChI is InChI=1S/C11H15BrFNO3S/c1-9-2-3-10(13)8-11(9)18(15,16)14-5-7-17-6-4-12/h2-3,8,14H,4-7H2,1H3. The van der Waals surface area contributed by atoms with Crippen LogP contribution in [0.15, 0.2) is 23.1 Å². The van der Waals surface area contributed by atoms with Crippen LogP contribution in [0.5, 0.6) is 0 Å². The van der Waals surface area contributed by atoms with Gasteiger partial charge in [-0.1, -0.05) is 22.0 Å². The Morgan fingerprint density at radius 3 is 2.78 bits per heavy atom. The molecule has 0 amide bonds. The predicted octanol–water partition coefficient (Wildman–Crippen LogP) is 1.82. The number of rotatable bonds is 7. The first-order chi connectivity index (χ1) is 8.47. The predicted molar refractivity (Wildman–Crippen MR) is 70.9 cm³/mol. The van der Waals surface area contributed by atoms with E-state index in [1.54, 1.807) is 6.92 Å². The van der Waals surface area contributed by atoms with E-state index in [0.29, 0.717) is 17.5 Å². The van der Waals surface area contributed by atoms with Crippen molar-refractivity contribution in [3.63, 3.8) is 0 Å². The minimum absolute atomic E-state index is 0.0389. The van der Waals surface area contributed by atoms with Gasteiger partial charge in [0.25, 0.3) is 0 Å². The van der Waals surface area contributed by atoms with Gasteiger partial charge in [0, 0.05) is 11.9 Å². The molecule has 1 rings (SSSR count). The summed E-state index contributed by atoms with van der Waals surface area (Å²) in [4.78, 5) is -0.0389. The summed E-state index contributed by atoms with van der Waals surface area (Å²) in [6, 6.07) is 3.68. The topological polar surface area (TPSA) is 55.4 Å². The molecule has 1 N–H and O–H groups in total. The zero-order valence-corrected chi connectivity index (χ0v) is 12.4. The quantitative estimate of drug-likeness (QED) is 0.609. The maximum atomic E-state index is 13.0. The Bertz CT molecular complexity index is 493. The van der Waals surface area contributed by atoms with E-state index in [0.717, 1.165) is 6.07 Å². The summed E-state index contributed by atoms with van der Waals surface area (Å²) in [5.41, 5.74) is 0.505. The van der Waals surface area contributed by atoms with Crippen molar-refractivity contribution in [3.8, 4) is 0 Å². The smallest absolute Gasteiger partial charge is 0.241 e. The molecule has 0 atom stereocenters. The molecule has 0 bridgehead atoms. The monoisotopic (exact) mass is 339 g/mol. The number of benzene rings is 1. The second-order valence-corrected chi connectivity index (χ2v) is 6.14. The van der Waals surface area contributed by atoms with Crippen molar-refractivity contribution < 1.29 is 17.5 Å². The van der Waals surface area contributed by atoms with Gasteiger partial charge in [-0.3, -0.25) is 0 Å². The number of hydrogen-bond acceptors (Lipinski definition) is 3. The number of hydrogen-bond donors (Lipinski definition) is 1. The lowest BCUT2D eigenvalue weighted by atomic mass is 10.2. The second kappa shape index (κ2) is 7.18. The van der Waals surface area contributed by atoms with E-state index in [9.17, 15) is 12.8 Å². The van der Waals surface area contributed by atoms with E-state index < -0.39 is 15.8 Å². The summed E-state index contributed by atoms with van der Waals surface area (Å²) in [6.45, 7) is 2.57. The van der Waals surface area contributed by atoms with Crippen LogP contribution in [0.3, 0.4) is 0 Å². The van der Waals surface area contributed by atoms with Crippen molar-refractivity contribution in [2.24, 2.45) is 0 Å². The van der Waals surface area contributed by atoms with Crippen molar-refractivity contribution >= 4 is 26.0 Å². The fourth-order valence-electron chi connectivity index (χ4n) is 1.35. The first kappa shape index (κ1) is 15.6. The van der Waals surface area contributed by atoms with Gasteiger partial charge in [0.05, 0.1) is 18.1 Å². The van der Waals surface area contributed by atoms with Gasteiger partial charge in [0.2, 0.25) is 10.0 Å². The first-order valence-electron chi connectivity index (χ1n) is 5.37. The Kier molecular flexibility index (Phi) is 6.20. The molecule has 0 spiro atoms. The molecule has 0 aliphatic carbocycles. The van der Waals surface area contributed by atoms with Crippen LogP contribution >= 0.6 is 15.9 Å². The lowest BCUT2D eigenvalue weighted by Crippen LogP contribution is -2.28. The van der Waals surface area contributed by atoms with Crippen LogP contribution in [-0.2, 0) is 14.8 Å². The Balaban J connectivity index is 2.66.